The van der Waals surface area contributed by atoms with Crippen LogP contribution < -0.4 is 14.8 Å². The van der Waals surface area contributed by atoms with Crippen LogP contribution in [0.5, 0.6) is 11.5 Å². The average molecular weight is 342 g/mol. The number of benzene rings is 1. The highest BCUT2D eigenvalue weighted by Crippen LogP contribution is 2.27. The van der Waals surface area contributed by atoms with Crippen molar-refractivity contribution in [3.05, 3.63) is 41.7 Å². The van der Waals surface area contributed by atoms with Gasteiger partial charge in [-0.2, -0.15) is 0 Å². The fourth-order valence-electron chi connectivity index (χ4n) is 2.80. The van der Waals surface area contributed by atoms with Crippen LogP contribution in [-0.4, -0.2) is 48.1 Å². The molecule has 1 aromatic heterocycles. The van der Waals surface area contributed by atoms with E-state index in [0.29, 0.717) is 29.6 Å². The van der Waals surface area contributed by atoms with Gasteiger partial charge in [0.1, 0.15) is 0 Å². The van der Waals surface area contributed by atoms with E-state index in [1.54, 1.807) is 26.6 Å². The van der Waals surface area contributed by atoms with Crippen molar-refractivity contribution in [1.29, 1.82) is 0 Å². The Morgan fingerprint density at radius 2 is 1.80 bits per heavy atom. The molecule has 7 heteroatoms. The molecule has 0 radical (unpaired) electrons. The number of amides is 1. The van der Waals surface area contributed by atoms with E-state index in [1.165, 1.54) is 0 Å². The predicted molar refractivity (Wildman–Crippen MR) is 94.0 cm³/mol. The van der Waals surface area contributed by atoms with Crippen molar-refractivity contribution in [3.8, 4) is 11.5 Å². The number of carbonyl (C=O) groups is 1. The van der Waals surface area contributed by atoms with Gasteiger partial charge in [0, 0.05) is 32.0 Å². The van der Waals surface area contributed by atoms with Gasteiger partial charge in [-0.25, -0.2) is 9.97 Å². The maximum atomic E-state index is 12.3. The third-order valence-electron chi connectivity index (χ3n) is 4.19. The zero-order chi connectivity index (χ0) is 17.6. The van der Waals surface area contributed by atoms with Gasteiger partial charge in [-0.1, -0.05) is 6.07 Å². The van der Waals surface area contributed by atoms with Gasteiger partial charge in [-0.3, -0.25) is 4.79 Å². The van der Waals surface area contributed by atoms with Crippen molar-refractivity contribution in [3.63, 3.8) is 0 Å². The lowest BCUT2D eigenvalue weighted by Gasteiger charge is -2.14. The van der Waals surface area contributed by atoms with Gasteiger partial charge in [-0.05, 0) is 30.5 Å². The number of hydrogen-bond acceptors (Lipinski definition) is 6. The summed E-state index contributed by atoms with van der Waals surface area (Å²) in [5.41, 5.74) is 1.54. The molecule has 1 N–H and O–H groups in total. The molecule has 3 rings (SSSR count). The topological polar surface area (TPSA) is 76.6 Å². The second kappa shape index (κ2) is 7.83. The normalized spacial score (nSPS) is 13.6. The molecule has 0 aliphatic carbocycles. The first-order valence-electron chi connectivity index (χ1n) is 8.27. The molecule has 1 aromatic carbocycles. The molecule has 0 bridgehead atoms. The first-order valence-corrected chi connectivity index (χ1v) is 8.27. The Morgan fingerprint density at radius 3 is 2.44 bits per heavy atom. The quantitative estimate of drug-likeness (QED) is 0.868. The van der Waals surface area contributed by atoms with E-state index in [1.807, 2.05) is 23.1 Å². The van der Waals surface area contributed by atoms with E-state index in [2.05, 4.69) is 15.3 Å². The Balaban J connectivity index is 1.61. The molecule has 1 aliphatic heterocycles. The molecule has 0 unspecified atom stereocenters. The summed E-state index contributed by atoms with van der Waals surface area (Å²) < 4.78 is 10.5. The van der Waals surface area contributed by atoms with Crippen molar-refractivity contribution in [2.24, 2.45) is 0 Å². The summed E-state index contributed by atoms with van der Waals surface area (Å²) in [7, 11) is 3.21. The zero-order valence-corrected chi connectivity index (χ0v) is 14.5. The molecular weight excluding hydrogens is 320 g/mol. The van der Waals surface area contributed by atoms with Gasteiger partial charge in [0.05, 0.1) is 19.8 Å². The number of rotatable bonds is 6. The fourth-order valence-corrected chi connectivity index (χ4v) is 2.80. The number of ether oxygens (including phenoxy) is 2. The van der Waals surface area contributed by atoms with E-state index in [0.717, 1.165) is 31.5 Å². The maximum absolute atomic E-state index is 12.3. The molecule has 1 aliphatic rings. The Bertz CT molecular complexity index is 728. The first kappa shape index (κ1) is 17.0. The fraction of sp³-hybridized carbons (Fsp3) is 0.389. The summed E-state index contributed by atoms with van der Waals surface area (Å²) in [5, 5.41) is 3.14. The van der Waals surface area contributed by atoms with E-state index >= 15 is 0 Å². The van der Waals surface area contributed by atoms with Gasteiger partial charge >= 0.3 is 0 Å². The SMILES string of the molecule is COc1ccc(CNc2ncc(C(=O)N3CCCC3)cn2)cc1OC. The smallest absolute Gasteiger partial charge is 0.256 e. The molecular formula is C18H22N4O3. The molecule has 0 spiro atoms. The number of aromatic nitrogens is 2. The number of nitrogens with zero attached hydrogens (tertiary/aromatic N) is 3. The Kier molecular flexibility index (Phi) is 5.33. The standard InChI is InChI=1S/C18H22N4O3/c1-24-15-6-5-13(9-16(15)25-2)10-19-18-20-11-14(12-21-18)17(23)22-7-3-4-8-22/h5-6,9,11-12H,3-4,7-8,10H2,1-2H3,(H,19,20,21). The molecule has 0 saturated carbocycles. The van der Waals surface area contributed by atoms with Crippen LogP contribution in [0.15, 0.2) is 30.6 Å². The van der Waals surface area contributed by atoms with E-state index in [9.17, 15) is 4.79 Å². The van der Waals surface area contributed by atoms with Crippen LogP contribution in [0.3, 0.4) is 0 Å². The van der Waals surface area contributed by atoms with E-state index in [4.69, 9.17) is 9.47 Å². The van der Waals surface area contributed by atoms with E-state index < -0.39 is 0 Å². The number of anilines is 1. The van der Waals surface area contributed by atoms with Crippen LogP contribution in [0.25, 0.3) is 0 Å². The lowest BCUT2D eigenvalue weighted by Crippen LogP contribution is -2.27. The largest absolute Gasteiger partial charge is 0.493 e. The highest BCUT2D eigenvalue weighted by atomic mass is 16.5. The van der Waals surface area contributed by atoms with Gasteiger partial charge in [0.15, 0.2) is 11.5 Å². The monoisotopic (exact) mass is 342 g/mol. The van der Waals surface area contributed by atoms with Gasteiger partial charge in [-0.15, -0.1) is 0 Å². The summed E-state index contributed by atoms with van der Waals surface area (Å²) >= 11 is 0. The van der Waals surface area contributed by atoms with Crippen molar-refractivity contribution in [2.75, 3.05) is 32.6 Å². The minimum atomic E-state index is 0.00365. The van der Waals surface area contributed by atoms with Gasteiger partial charge < -0.3 is 19.7 Å². The molecule has 1 fully saturated rings. The summed E-state index contributed by atoms with van der Waals surface area (Å²) in [6.07, 6.45) is 5.28. The number of methoxy groups -OCH3 is 2. The summed E-state index contributed by atoms with van der Waals surface area (Å²) in [4.78, 5) is 22.6. The van der Waals surface area contributed by atoms with Crippen molar-refractivity contribution < 1.29 is 14.3 Å². The van der Waals surface area contributed by atoms with Crippen molar-refractivity contribution in [1.82, 2.24) is 14.9 Å². The highest BCUT2D eigenvalue weighted by molar-refractivity contribution is 5.93. The van der Waals surface area contributed by atoms with Gasteiger partial charge in [0.25, 0.3) is 5.91 Å². The summed E-state index contributed by atoms with van der Waals surface area (Å²) in [6.45, 7) is 2.18. The highest BCUT2D eigenvalue weighted by Gasteiger charge is 2.19. The van der Waals surface area contributed by atoms with Crippen LogP contribution in [0.1, 0.15) is 28.8 Å². The Labute approximate surface area is 147 Å². The molecule has 25 heavy (non-hydrogen) atoms. The third kappa shape index (κ3) is 3.99. The number of carbonyl (C=O) groups excluding carboxylic acids is 1. The molecule has 0 atom stereocenters. The lowest BCUT2D eigenvalue weighted by atomic mass is 10.2. The molecule has 2 heterocycles. The zero-order valence-electron chi connectivity index (χ0n) is 14.5. The van der Waals surface area contributed by atoms with E-state index in [-0.39, 0.29) is 5.91 Å². The van der Waals surface area contributed by atoms with Crippen LogP contribution in [0.2, 0.25) is 0 Å². The minimum Gasteiger partial charge on any atom is -0.493 e. The second-order valence-electron chi connectivity index (χ2n) is 5.84. The predicted octanol–water partition coefficient (Wildman–Crippen LogP) is 2.34. The van der Waals surface area contributed by atoms with Crippen molar-refractivity contribution >= 4 is 11.9 Å². The van der Waals surface area contributed by atoms with Crippen LogP contribution in [-0.2, 0) is 6.54 Å². The number of likely N-dealkylation sites (tertiary alicyclic amines) is 1. The second-order valence-corrected chi connectivity index (χ2v) is 5.84. The molecule has 1 saturated heterocycles. The molecule has 2 aromatic rings. The average Bonchev–Trinajstić information content (AvgIpc) is 3.20. The third-order valence-corrected chi connectivity index (χ3v) is 4.19. The van der Waals surface area contributed by atoms with Crippen LogP contribution in [0.4, 0.5) is 5.95 Å². The van der Waals surface area contributed by atoms with Crippen LogP contribution >= 0.6 is 0 Å². The molecule has 132 valence electrons. The Morgan fingerprint density at radius 1 is 1.12 bits per heavy atom. The summed E-state index contributed by atoms with van der Waals surface area (Å²) in [6, 6.07) is 5.70. The molecule has 7 nitrogen and oxygen atoms in total. The summed E-state index contributed by atoms with van der Waals surface area (Å²) in [5.74, 6) is 1.85. The van der Waals surface area contributed by atoms with Gasteiger partial charge in [0.2, 0.25) is 5.95 Å². The maximum Gasteiger partial charge on any atom is 0.256 e. The van der Waals surface area contributed by atoms with Crippen LogP contribution in [0, 0.1) is 0 Å². The first-order chi connectivity index (χ1) is 12.2. The number of nitrogens with one attached hydrogen (secondary N) is 1. The minimum absolute atomic E-state index is 0.00365. The Hall–Kier alpha value is -2.83. The lowest BCUT2D eigenvalue weighted by molar-refractivity contribution is 0.0792. The van der Waals surface area contributed by atoms with Crippen molar-refractivity contribution in [2.45, 2.75) is 19.4 Å². The molecule has 1 amide bonds. The number of hydrogen-bond donors (Lipinski definition) is 1.